The van der Waals surface area contributed by atoms with Crippen LogP contribution >= 0.6 is 0 Å². The molecule has 0 saturated carbocycles. The highest BCUT2D eigenvalue weighted by Crippen LogP contribution is 2.31. The lowest BCUT2D eigenvalue weighted by atomic mass is 9.79. The first-order chi connectivity index (χ1) is 9.52. The van der Waals surface area contributed by atoms with Crippen LogP contribution < -0.4 is 0 Å². The highest BCUT2D eigenvalue weighted by Gasteiger charge is 2.37. The van der Waals surface area contributed by atoms with Crippen LogP contribution in [0.1, 0.15) is 32.6 Å². The highest BCUT2D eigenvalue weighted by molar-refractivity contribution is 5.74. The normalized spacial score (nSPS) is 11.8. The maximum absolute atomic E-state index is 11.5. The maximum atomic E-state index is 11.5. The van der Waals surface area contributed by atoms with Crippen molar-refractivity contribution in [1.82, 2.24) is 19.7 Å². The lowest BCUT2D eigenvalue weighted by Gasteiger charge is -2.24. The van der Waals surface area contributed by atoms with Gasteiger partial charge in [0.05, 0.1) is 5.41 Å². The van der Waals surface area contributed by atoms with Gasteiger partial charge >= 0.3 is 5.97 Å². The number of carboxylic acid groups (broad SMARTS) is 1. The number of rotatable bonds is 6. The molecular weight excluding hydrogens is 260 g/mol. The van der Waals surface area contributed by atoms with Gasteiger partial charge in [0.15, 0.2) is 5.82 Å². The van der Waals surface area contributed by atoms with Crippen molar-refractivity contribution in [2.45, 2.75) is 33.1 Å². The molecule has 0 unspecified atom stereocenters. The van der Waals surface area contributed by atoms with Gasteiger partial charge in [0.25, 0.3) is 0 Å². The first-order valence-corrected chi connectivity index (χ1v) is 6.56. The third-order valence-electron chi connectivity index (χ3n) is 3.79. The minimum atomic E-state index is -0.856. The summed E-state index contributed by atoms with van der Waals surface area (Å²) in [4.78, 5) is 19.9. The molecule has 0 aromatic carbocycles. The van der Waals surface area contributed by atoms with Gasteiger partial charge in [-0.25, -0.2) is 4.98 Å². The summed E-state index contributed by atoms with van der Waals surface area (Å²) in [6.07, 6.45) is 4.68. The van der Waals surface area contributed by atoms with E-state index in [0.717, 1.165) is 0 Å². The Bertz CT molecular complexity index is 598. The van der Waals surface area contributed by atoms with Crippen molar-refractivity contribution in [1.29, 1.82) is 0 Å². The SMILES string of the molecule is CCC(CC)(Cc1nc(-c2nccn2C)no1)C(=O)O. The van der Waals surface area contributed by atoms with Gasteiger partial charge in [0.2, 0.25) is 11.7 Å². The number of aromatic nitrogens is 4. The molecule has 0 aliphatic heterocycles. The van der Waals surface area contributed by atoms with Gasteiger partial charge in [0, 0.05) is 25.9 Å². The summed E-state index contributed by atoms with van der Waals surface area (Å²) in [5.41, 5.74) is -0.856. The van der Waals surface area contributed by atoms with Gasteiger partial charge in [0.1, 0.15) is 0 Å². The Labute approximate surface area is 116 Å². The average Bonchev–Trinajstić information content (AvgIpc) is 3.04. The Morgan fingerprint density at radius 2 is 2.15 bits per heavy atom. The summed E-state index contributed by atoms with van der Waals surface area (Å²) in [5, 5.41) is 13.3. The second kappa shape index (κ2) is 5.44. The van der Waals surface area contributed by atoms with Crippen molar-refractivity contribution >= 4 is 5.97 Å². The predicted octanol–water partition coefficient (Wildman–Crippen LogP) is 1.90. The van der Waals surface area contributed by atoms with Crippen LogP contribution in [0, 0.1) is 5.41 Å². The zero-order valence-corrected chi connectivity index (χ0v) is 11.8. The molecule has 0 atom stereocenters. The quantitative estimate of drug-likeness (QED) is 0.867. The summed E-state index contributed by atoms with van der Waals surface area (Å²) >= 11 is 0. The Morgan fingerprint density at radius 3 is 2.65 bits per heavy atom. The summed E-state index contributed by atoms with van der Waals surface area (Å²) in [6.45, 7) is 3.71. The maximum Gasteiger partial charge on any atom is 0.310 e. The van der Waals surface area contributed by atoms with Crippen molar-refractivity contribution in [3.05, 3.63) is 18.3 Å². The Balaban J connectivity index is 2.25. The standard InChI is InChI=1S/C13H18N4O3/c1-4-13(5-2,12(18)19)8-9-15-10(16-20-9)11-14-6-7-17(11)3/h6-7H,4-5,8H2,1-3H3,(H,18,19). The summed E-state index contributed by atoms with van der Waals surface area (Å²) in [7, 11) is 1.83. The van der Waals surface area contributed by atoms with Crippen LogP contribution in [0.2, 0.25) is 0 Å². The third-order valence-corrected chi connectivity index (χ3v) is 3.79. The van der Waals surface area contributed by atoms with Crippen molar-refractivity contribution in [2.75, 3.05) is 0 Å². The molecule has 0 aliphatic rings. The molecule has 2 aromatic heterocycles. The second-order valence-electron chi connectivity index (χ2n) is 4.84. The predicted molar refractivity (Wildman–Crippen MR) is 70.9 cm³/mol. The first kappa shape index (κ1) is 14.2. The van der Waals surface area contributed by atoms with E-state index in [1.807, 2.05) is 20.9 Å². The van der Waals surface area contributed by atoms with Crippen LogP contribution in [0.3, 0.4) is 0 Å². The second-order valence-corrected chi connectivity index (χ2v) is 4.84. The number of nitrogens with zero attached hydrogens (tertiary/aromatic N) is 4. The molecule has 2 heterocycles. The fourth-order valence-electron chi connectivity index (χ4n) is 2.17. The van der Waals surface area contributed by atoms with Crippen LogP contribution in [0.4, 0.5) is 0 Å². The van der Waals surface area contributed by atoms with Crippen LogP contribution in [-0.4, -0.2) is 30.8 Å². The van der Waals surface area contributed by atoms with Crippen molar-refractivity contribution in [3.63, 3.8) is 0 Å². The number of hydrogen-bond acceptors (Lipinski definition) is 5. The molecule has 0 fully saturated rings. The van der Waals surface area contributed by atoms with E-state index in [2.05, 4.69) is 15.1 Å². The lowest BCUT2D eigenvalue weighted by molar-refractivity contribution is -0.149. The van der Waals surface area contributed by atoms with Crippen LogP contribution in [-0.2, 0) is 18.3 Å². The molecule has 20 heavy (non-hydrogen) atoms. The Hall–Kier alpha value is -2.18. The van der Waals surface area contributed by atoms with Crippen molar-refractivity contribution in [2.24, 2.45) is 12.5 Å². The minimum Gasteiger partial charge on any atom is -0.481 e. The lowest BCUT2D eigenvalue weighted by Crippen LogP contribution is -2.32. The molecule has 0 spiro atoms. The highest BCUT2D eigenvalue weighted by atomic mass is 16.5. The summed E-state index contributed by atoms with van der Waals surface area (Å²) in [6, 6.07) is 0. The number of aryl methyl sites for hydroxylation is 1. The number of hydrogen-bond donors (Lipinski definition) is 1. The molecule has 0 radical (unpaired) electrons. The van der Waals surface area contributed by atoms with E-state index >= 15 is 0 Å². The van der Waals surface area contributed by atoms with Crippen LogP contribution in [0.5, 0.6) is 0 Å². The van der Waals surface area contributed by atoms with E-state index in [9.17, 15) is 9.90 Å². The van der Waals surface area contributed by atoms with Gasteiger partial charge in [-0.1, -0.05) is 19.0 Å². The zero-order valence-electron chi connectivity index (χ0n) is 11.8. The summed E-state index contributed by atoms with van der Waals surface area (Å²) < 4.78 is 6.95. The number of carboxylic acids is 1. The average molecular weight is 278 g/mol. The van der Waals surface area contributed by atoms with Gasteiger partial charge in [-0.3, -0.25) is 4.79 Å². The molecule has 0 bridgehead atoms. The number of carbonyl (C=O) groups is 1. The van der Waals surface area contributed by atoms with Crippen molar-refractivity contribution in [3.8, 4) is 11.6 Å². The zero-order chi connectivity index (χ0) is 14.8. The molecule has 7 heteroatoms. The number of aliphatic carboxylic acids is 1. The molecule has 0 saturated heterocycles. The Morgan fingerprint density at radius 1 is 1.45 bits per heavy atom. The monoisotopic (exact) mass is 278 g/mol. The van der Waals surface area contributed by atoms with E-state index in [1.165, 1.54) is 0 Å². The molecule has 7 nitrogen and oxygen atoms in total. The van der Waals surface area contributed by atoms with E-state index < -0.39 is 11.4 Å². The molecule has 0 aliphatic carbocycles. The molecule has 2 aromatic rings. The van der Waals surface area contributed by atoms with E-state index in [4.69, 9.17) is 4.52 Å². The van der Waals surface area contributed by atoms with Crippen LogP contribution in [0.15, 0.2) is 16.9 Å². The molecule has 0 amide bonds. The van der Waals surface area contributed by atoms with Gasteiger partial charge in [-0.15, -0.1) is 0 Å². The third kappa shape index (κ3) is 2.43. The minimum absolute atomic E-state index is 0.229. The number of imidazole rings is 1. The fourth-order valence-corrected chi connectivity index (χ4v) is 2.17. The molecule has 108 valence electrons. The van der Waals surface area contributed by atoms with Gasteiger partial charge < -0.3 is 14.2 Å². The van der Waals surface area contributed by atoms with E-state index in [1.54, 1.807) is 17.0 Å². The molecule has 1 N–H and O–H groups in total. The summed E-state index contributed by atoms with van der Waals surface area (Å²) in [5.74, 6) is 0.459. The van der Waals surface area contributed by atoms with E-state index in [0.29, 0.717) is 30.4 Å². The molecular formula is C13H18N4O3. The van der Waals surface area contributed by atoms with Gasteiger partial charge in [-0.2, -0.15) is 4.98 Å². The topological polar surface area (TPSA) is 94.0 Å². The van der Waals surface area contributed by atoms with Crippen LogP contribution in [0.25, 0.3) is 11.6 Å². The van der Waals surface area contributed by atoms with Crippen molar-refractivity contribution < 1.29 is 14.4 Å². The smallest absolute Gasteiger partial charge is 0.310 e. The largest absolute Gasteiger partial charge is 0.481 e. The fraction of sp³-hybridized carbons (Fsp3) is 0.538. The first-order valence-electron chi connectivity index (χ1n) is 6.56. The molecule has 2 rings (SSSR count). The Kier molecular flexibility index (Phi) is 3.87. The van der Waals surface area contributed by atoms with E-state index in [-0.39, 0.29) is 6.42 Å². The van der Waals surface area contributed by atoms with Gasteiger partial charge in [-0.05, 0) is 12.8 Å².